The Hall–Kier alpha value is -1.39. The molecule has 2 aromatic rings. The molecule has 0 saturated carbocycles. The van der Waals surface area contributed by atoms with Crippen molar-refractivity contribution >= 4 is 33.2 Å². The second-order valence-corrected chi connectivity index (χ2v) is 5.41. The minimum absolute atomic E-state index is 0.232. The summed E-state index contributed by atoms with van der Waals surface area (Å²) >= 11 is 9.65. The Kier molecular flexibility index (Phi) is 3.53. The van der Waals surface area contributed by atoms with Crippen molar-refractivity contribution in [3.63, 3.8) is 0 Å². The van der Waals surface area contributed by atoms with E-state index in [-0.39, 0.29) is 6.79 Å². The van der Waals surface area contributed by atoms with Gasteiger partial charge < -0.3 is 14.8 Å². The summed E-state index contributed by atoms with van der Waals surface area (Å²) in [5.41, 5.74) is 2.08. The van der Waals surface area contributed by atoms with Gasteiger partial charge in [0.25, 0.3) is 0 Å². The van der Waals surface area contributed by atoms with Crippen LogP contribution in [0.15, 0.2) is 40.9 Å². The van der Waals surface area contributed by atoms with Crippen molar-refractivity contribution in [1.29, 1.82) is 0 Å². The number of ether oxygens (including phenoxy) is 2. The molecule has 1 N–H and O–H groups in total. The highest BCUT2D eigenvalue weighted by Crippen LogP contribution is 2.40. The van der Waals surface area contributed by atoms with Crippen LogP contribution in [-0.4, -0.2) is 6.79 Å². The van der Waals surface area contributed by atoms with E-state index in [1.54, 1.807) is 0 Å². The number of halogens is 2. The lowest BCUT2D eigenvalue weighted by Gasteiger charge is -2.09. The molecular formula is C14H11BrClNO2. The molecule has 0 saturated heterocycles. The van der Waals surface area contributed by atoms with Gasteiger partial charge >= 0.3 is 0 Å². The number of anilines is 1. The molecular weight excluding hydrogens is 330 g/mol. The molecule has 1 aliphatic heterocycles. The van der Waals surface area contributed by atoms with E-state index in [0.717, 1.165) is 15.7 Å². The summed E-state index contributed by atoms with van der Waals surface area (Å²) < 4.78 is 11.7. The predicted octanol–water partition coefficient (Wildman–Crippen LogP) is 4.44. The first-order valence-corrected chi connectivity index (χ1v) is 6.97. The molecule has 3 rings (SSSR count). The first-order valence-electron chi connectivity index (χ1n) is 5.80. The van der Waals surface area contributed by atoms with Gasteiger partial charge in [0, 0.05) is 16.7 Å². The van der Waals surface area contributed by atoms with Crippen LogP contribution in [0.5, 0.6) is 11.5 Å². The lowest BCUT2D eigenvalue weighted by Crippen LogP contribution is -2.00. The molecule has 0 aliphatic carbocycles. The molecule has 0 spiro atoms. The Morgan fingerprint density at radius 2 is 2.05 bits per heavy atom. The maximum atomic E-state index is 6.15. The standard InChI is InChI=1S/C14H11BrClNO2/c15-10-3-1-2-4-12(10)17-7-9-5-11(16)14-13(6-9)18-8-19-14/h1-6,17H,7-8H2. The number of para-hydroxylation sites is 1. The van der Waals surface area contributed by atoms with Crippen LogP contribution in [-0.2, 0) is 6.54 Å². The Labute approximate surface area is 124 Å². The van der Waals surface area contributed by atoms with E-state index in [2.05, 4.69) is 21.2 Å². The van der Waals surface area contributed by atoms with E-state index in [4.69, 9.17) is 21.1 Å². The van der Waals surface area contributed by atoms with Crippen LogP contribution in [0, 0.1) is 0 Å². The van der Waals surface area contributed by atoms with Gasteiger partial charge in [-0.25, -0.2) is 0 Å². The maximum Gasteiger partial charge on any atom is 0.231 e. The summed E-state index contributed by atoms with van der Waals surface area (Å²) in [6, 6.07) is 11.8. The van der Waals surface area contributed by atoms with Crippen molar-refractivity contribution in [2.75, 3.05) is 12.1 Å². The monoisotopic (exact) mass is 339 g/mol. The second-order valence-electron chi connectivity index (χ2n) is 4.14. The van der Waals surface area contributed by atoms with Gasteiger partial charge in [-0.3, -0.25) is 0 Å². The Morgan fingerprint density at radius 1 is 1.21 bits per heavy atom. The highest BCUT2D eigenvalue weighted by Gasteiger charge is 2.18. The highest BCUT2D eigenvalue weighted by molar-refractivity contribution is 9.10. The van der Waals surface area contributed by atoms with Crippen molar-refractivity contribution in [3.05, 3.63) is 51.5 Å². The molecule has 0 aromatic heterocycles. The van der Waals surface area contributed by atoms with Crippen LogP contribution < -0.4 is 14.8 Å². The second kappa shape index (κ2) is 5.31. The number of fused-ring (bicyclic) bond motifs is 1. The van der Waals surface area contributed by atoms with Crippen LogP contribution >= 0.6 is 27.5 Å². The smallest absolute Gasteiger partial charge is 0.231 e. The zero-order valence-corrected chi connectivity index (χ0v) is 12.3. The lowest BCUT2D eigenvalue weighted by atomic mass is 10.2. The van der Waals surface area contributed by atoms with Crippen molar-refractivity contribution in [3.8, 4) is 11.5 Å². The van der Waals surface area contributed by atoms with E-state index < -0.39 is 0 Å². The van der Waals surface area contributed by atoms with Crippen molar-refractivity contribution in [2.45, 2.75) is 6.54 Å². The summed E-state index contributed by atoms with van der Waals surface area (Å²) in [5, 5.41) is 3.93. The summed E-state index contributed by atoms with van der Waals surface area (Å²) in [5.74, 6) is 1.34. The molecule has 0 bridgehead atoms. The van der Waals surface area contributed by atoms with Crippen LogP contribution in [0.1, 0.15) is 5.56 Å². The molecule has 0 unspecified atom stereocenters. The first kappa shape index (κ1) is 12.6. The van der Waals surface area contributed by atoms with Crippen molar-refractivity contribution in [1.82, 2.24) is 0 Å². The highest BCUT2D eigenvalue weighted by atomic mass is 79.9. The number of nitrogens with one attached hydrogen (secondary N) is 1. The maximum absolute atomic E-state index is 6.15. The van der Waals surface area contributed by atoms with Crippen LogP contribution in [0.4, 0.5) is 5.69 Å². The Morgan fingerprint density at radius 3 is 2.89 bits per heavy atom. The van der Waals surface area contributed by atoms with Gasteiger partial charge in [-0.2, -0.15) is 0 Å². The molecule has 98 valence electrons. The summed E-state index contributed by atoms with van der Waals surface area (Å²) in [6.45, 7) is 0.898. The molecule has 0 atom stereocenters. The predicted molar refractivity (Wildman–Crippen MR) is 79.0 cm³/mol. The zero-order valence-electron chi connectivity index (χ0n) is 9.95. The fourth-order valence-electron chi connectivity index (χ4n) is 1.92. The Balaban J connectivity index is 1.78. The van der Waals surface area contributed by atoms with E-state index in [0.29, 0.717) is 23.1 Å². The van der Waals surface area contributed by atoms with Gasteiger partial charge in [0.1, 0.15) is 0 Å². The third-order valence-corrected chi connectivity index (χ3v) is 3.82. The van der Waals surface area contributed by atoms with Crippen LogP contribution in [0.25, 0.3) is 0 Å². The Bertz CT molecular complexity index is 618. The van der Waals surface area contributed by atoms with E-state index >= 15 is 0 Å². The van der Waals surface area contributed by atoms with E-state index in [9.17, 15) is 0 Å². The molecule has 0 fully saturated rings. The average molecular weight is 341 g/mol. The number of benzene rings is 2. The minimum Gasteiger partial charge on any atom is -0.454 e. The number of hydrogen-bond acceptors (Lipinski definition) is 3. The number of hydrogen-bond donors (Lipinski definition) is 1. The van der Waals surface area contributed by atoms with E-state index in [1.807, 2.05) is 36.4 Å². The first-order chi connectivity index (χ1) is 9.24. The molecule has 3 nitrogen and oxygen atoms in total. The average Bonchev–Trinajstić information content (AvgIpc) is 2.87. The van der Waals surface area contributed by atoms with Gasteiger partial charge in [-0.05, 0) is 45.8 Å². The summed E-state index contributed by atoms with van der Waals surface area (Å²) in [4.78, 5) is 0. The topological polar surface area (TPSA) is 30.5 Å². The SMILES string of the molecule is Clc1cc(CNc2ccccc2Br)cc2c1OCO2. The normalized spacial score (nSPS) is 12.5. The van der Waals surface area contributed by atoms with Gasteiger partial charge in [0.15, 0.2) is 11.5 Å². The zero-order chi connectivity index (χ0) is 13.2. The molecule has 5 heteroatoms. The molecule has 0 radical (unpaired) electrons. The molecule has 1 heterocycles. The van der Waals surface area contributed by atoms with Gasteiger partial charge in [-0.15, -0.1) is 0 Å². The summed E-state index contributed by atoms with van der Waals surface area (Å²) in [6.07, 6.45) is 0. The van der Waals surface area contributed by atoms with Crippen molar-refractivity contribution < 1.29 is 9.47 Å². The summed E-state index contributed by atoms with van der Waals surface area (Å²) in [7, 11) is 0. The molecule has 19 heavy (non-hydrogen) atoms. The fraction of sp³-hybridized carbons (Fsp3) is 0.143. The third kappa shape index (κ3) is 2.65. The van der Waals surface area contributed by atoms with Crippen LogP contribution in [0.2, 0.25) is 5.02 Å². The molecule has 0 amide bonds. The lowest BCUT2D eigenvalue weighted by molar-refractivity contribution is 0.174. The quantitative estimate of drug-likeness (QED) is 0.896. The van der Waals surface area contributed by atoms with Gasteiger partial charge in [-0.1, -0.05) is 23.7 Å². The largest absolute Gasteiger partial charge is 0.454 e. The number of rotatable bonds is 3. The van der Waals surface area contributed by atoms with Gasteiger partial charge in [0.05, 0.1) is 5.02 Å². The minimum atomic E-state index is 0.232. The fourth-order valence-corrected chi connectivity index (χ4v) is 2.64. The molecule has 1 aliphatic rings. The molecule has 2 aromatic carbocycles. The van der Waals surface area contributed by atoms with E-state index in [1.165, 1.54) is 0 Å². The van der Waals surface area contributed by atoms with Gasteiger partial charge in [0.2, 0.25) is 6.79 Å². The van der Waals surface area contributed by atoms with Crippen LogP contribution in [0.3, 0.4) is 0 Å². The van der Waals surface area contributed by atoms with Crippen molar-refractivity contribution in [2.24, 2.45) is 0 Å². The third-order valence-electron chi connectivity index (χ3n) is 2.84.